The van der Waals surface area contributed by atoms with Gasteiger partial charge < -0.3 is 14.5 Å². The molecule has 1 heterocycles. The quantitative estimate of drug-likeness (QED) is 0.123. The van der Waals surface area contributed by atoms with Gasteiger partial charge in [0.2, 0.25) is 0 Å². The SMILES string of the molecule is CCC(CC)(c1ccc2c(c1)C(C)(C)C1=C2C=CC(C(C)(CC)N(c2ccc3ccccc3c2)c2ccc3ccccc3c2)OC1)N(C1=CC2=CC=CCC2CC1)C1CC[C@H]2CCCC=C2C1. The van der Waals surface area contributed by atoms with Crippen molar-refractivity contribution >= 4 is 38.5 Å². The summed E-state index contributed by atoms with van der Waals surface area (Å²) in [7, 11) is 0. The molecule has 3 nitrogen and oxygen atoms in total. The average molecular weight is 885 g/mol. The molecule has 1 aliphatic heterocycles. The Balaban J connectivity index is 0.966. The zero-order valence-electron chi connectivity index (χ0n) is 41.2. The second-order valence-electron chi connectivity index (χ2n) is 21.6. The van der Waals surface area contributed by atoms with Gasteiger partial charge in [-0.1, -0.05) is 156 Å². The molecule has 0 bridgehead atoms. The minimum Gasteiger partial charge on any atom is -0.367 e. The topological polar surface area (TPSA) is 15.7 Å². The van der Waals surface area contributed by atoms with Crippen LogP contribution in [0.2, 0.25) is 0 Å². The van der Waals surface area contributed by atoms with E-state index in [0.29, 0.717) is 18.6 Å². The average Bonchev–Trinajstić information content (AvgIpc) is 3.48. The van der Waals surface area contributed by atoms with Crippen LogP contribution in [0.3, 0.4) is 0 Å². The predicted molar refractivity (Wildman–Crippen MR) is 284 cm³/mol. The molecule has 1 saturated carbocycles. The molecule has 6 aliphatic rings. The van der Waals surface area contributed by atoms with Crippen molar-refractivity contribution in [3.05, 3.63) is 185 Å². The molecule has 4 unspecified atom stereocenters. The molecule has 344 valence electrons. The Kier molecular flexibility index (Phi) is 11.6. The maximum atomic E-state index is 7.34. The summed E-state index contributed by atoms with van der Waals surface area (Å²) in [6, 6.07) is 39.6. The summed E-state index contributed by atoms with van der Waals surface area (Å²) in [5, 5.41) is 5.00. The van der Waals surface area contributed by atoms with E-state index in [1.54, 1.807) is 16.8 Å². The standard InChI is InChI=1S/C64H72N2O/c1-7-63(6,65(53-31-26-44-18-10-14-22-48(44)38-53)54-32-27-45-19-11-15-23-49(45)39-54)61-37-36-58-57-35-30-52(42-59(57)62(4,5)60(58)43-67-61)64(8-2,9-3)66(55-33-28-46-20-12-16-24-50(46)40-55)56-34-29-47-21-13-17-25-51(47)41-56/h10-12,14-16,18-19,22-27,30-32,35-40,42,46-47,56,61H,7-9,13,17,20-21,28-29,33-34,41,43H2,1-6H3/t46?,47-,56?,61?,63?/m1/s1. The number of anilines is 2. The van der Waals surface area contributed by atoms with Gasteiger partial charge in [0.25, 0.3) is 0 Å². The molecule has 1 fully saturated rings. The minimum atomic E-state index is -0.395. The van der Waals surface area contributed by atoms with Crippen LogP contribution < -0.4 is 4.90 Å². The van der Waals surface area contributed by atoms with Gasteiger partial charge >= 0.3 is 0 Å². The Labute approximate surface area is 401 Å². The first-order chi connectivity index (χ1) is 32.6. The van der Waals surface area contributed by atoms with Crippen LogP contribution in [0.5, 0.6) is 0 Å². The van der Waals surface area contributed by atoms with Crippen LogP contribution in [0, 0.1) is 11.8 Å². The van der Waals surface area contributed by atoms with Crippen LogP contribution in [0.1, 0.15) is 135 Å². The van der Waals surface area contributed by atoms with E-state index in [2.05, 4.69) is 197 Å². The normalized spacial score (nSPS) is 24.1. The third-order valence-corrected chi connectivity index (χ3v) is 18.0. The van der Waals surface area contributed by atoms with Crippen LogP contribution in [0.15, 0.2) is 168 Å². The van der Waals surface area contributed by atoms with Crippen molar-refractivity contribution in [2.75, 3.05) is 11.5 Å². The van der Waals surface area contributed by atoms with E-state index in [9.17, 15) is 0 Å². The van der Waals surface area contributed by atoms with Gasteiger partial charge in [-0.25, -0.2) is 0 Å². The zero-order chi connectivity index (χ0) is 45.9. The molecule has 0 N–H and O–H groups in total. The maximum Gasteiger partial charge on any atom is 0.0996 e. The minimum absolute atomic E-state index is 0.100. The molecular weight excluding hydrogens is 813 g/mol. The number of hydrogen-bond acceptors (Lipinski definition) is 3. The maximum absolute atomic E-state index is 7.34. The Bertz CT molecular complexity index is 2820. The molecule has 0 radical (unpaired) electrons. The summed E-state index contributed by atoms with van der Waals surface area (Å²) >= 11 is 0. The van der Waals surface area contributed by atoms with Gasteiger partial charge in [-0.15, -0.1) is 0 Å². The highest BCUT2D eigenvalue weighted by Gasteiger charge is 2.47. The Morgan fingerprint density at radius 3 is 2.16 bits per heavy atom. The lowest BCUT2D eigenvalue weighted by Crippen LogP contribution is -2.53. The van der Waals surface area contributed by atoms with Crippen molar-refractivity contribution in [3.63, 3.8) is 0 Å². The van der Waals surface area contributed by atoms with Gasteiger partial charge in [0.15, 0.2) is 0 Å². The third kappa shape index (κ3) is 7.50. The summed E-state index contributed by atoms with van der Waals surface area (Å²) in [4.78, 5) is 5.61. The number of ether oxygens (including phenoxy) is 1. The fourth-order valence-corrected chi connectivity index (χ4v) is 13.8. The van der Waals surface area contributed by atoms with Crippen LogP contribution >= 0.6 is 0 Å². The van der Waals surface area contributed by atoms with Gasteiger partial charge in [0.05, 0.1) is 23.8 Å². The second-order valence-corrected chi connectivity index (χ2v) is 21.6. The van der Waals surface area contributed by atoms with Crippen molar-refractivity contribution in [1.82, 2.24) is 4.90 Å². The van der Waals surface area contributed by atoms with Crippen molar-refractivity contribution in [2.45, 2.75) is 147 Å². The predicted octanol–water partition coefficient (Wildman–Crippen LogP) is 16.8. The molecule has 67 heavy (non-hydrogen) atoms. The highest BCUT2D eigenvalue weighted by molar-refractivity contribution is 5.91. The van der Waals surface area contributed by atoms with E-state index in [-0.39, 0.29) is 17.1 Å². The molecule has 11 rings (SSSR count). The van der Waals surface area contributed by atoms with Crippen LogP contribution in [0.25, 0.3) is 27.1 Å². The number of hydrogen-bond donors (Lipinski definition) is 0. The monoisotopic (exact) mass is 885 g/mol. The van der Waals surface area contributed by atoms with E-state index in [1.807, 2.05) is 0 Å². The van der Waals surface area contributed by atoms with Gasteiger partial charge in [-0.2, -0.15) is 0 Å². The van der Waals surface area contributed by atoms with Crippen molar-refractivity contribution < 1.29 is 4.74 Å². The van der Waals surface area contributed by atoms with Crippen molar-refractivity contribution in [2.24, 2.45) is 11.8 Å². The third-order valence-electron chi connectivity index (χ3n) is 18.0. The lowest BCUT2D eigenvalue weighted by atomic mass is 9.71. The molecule has 0 spiro atoms. The lowest BCUT2D eigenvalue weighted by molar-refractivity contribution is 0.0455. The Morgan fingerprint density at radius 1 is 0.746 bits per heavy atom. The molecule has 5 aromatic carbocycles. The van der Waals surface area contributed by atoms with Gasteiger partial charge in [0, 0.05) is 28.5 Å². The summed E-state index contributed by atoms with van der Waals surface area (Å²) in [5.41, 5.74) is 13.6. The largest absolute Gasteiger partial charge is 0.367 e. The van der Waals surface area contributed by atoms with E-state index < -0.39 is 5.54 Å². The first-order valence-electron chi connectivity index (χ1n) is 26.2. The summed E-state index contributed by atoms with van der Waals surface area (Å²) < 4.78 is 7.34. The molecule has 0 aromatic heterocycles. The fraction of sp³-hybridized carbons (Fsp3) is 0.406. The fourth-order valence-electron chi connectivity index (χ4n) is 13.8. The van der Waals surface area contributed by atoms with E-state index in [1.165, 1.54) is 119 Å². The highest BCUT2D eigenvalue weighted by Crippen LogP contribution is 2.54. The first-order valence-corrected chi connectivity index (χ1v) is 26.2. The molecule has 3 heteroatoms. The van der Waals surface area contributed by atoms with Crippen LogP contribution in [0.4, 0.5) is 11.4 Å². The molecule has 0 amide bonds. The van der Waals surface area contributed by atoms with Crippen LogP contribution in [-0.4, -0.2) is 29.2 Å². The smallest absolute Gasteiger partial charge is 0.0996 e. The molecule has 0 saturated heterocycles. The Morgan fingerprint density at radius 2 is 1.46 bits per heavy atom. The highest BCUT2D eigenvalue weighted by atomic mass is 16.5. The van der Waals surface area contributed by atoms with Crippen molar-refractivity contribution in [3.8, 4) is 0 Å². The lowest BCUT2D eigenvalue weighted by Gasteiger charge is -2.54. The van der Waals surface area contributed by atoms with E-state index in [0.717, 1.165) is 25.2 Å². The van der Waals surface area contributed by atoms with E-state index >= 15 is 0 Å². The number of allylic oxidation sites excluding steroid dienone is 9. The number of fused-ring (bicyclic) bond motifs is 6. The molecule has 5 atom stereocenters. The Hall–Kier alpha value is -5.38. The second kappa shape index (κ2) is 17.6. The zero-order valence-corrected chi connectivity index (χ0v) is 41.2. The first kappa shape index (κ1) is 44.1. The number of nitrogens with zero attached hydrogens (tertiary/aromatic N) is 2. The van der Waals surface area contributed by atoms with Gasteiger partial charge in [-0.05, 0) is 181 Å². The van der Waals surface area contributed by atoms with Crippen molar-refractivity contribution in [1.29, 1.82) is 0 Å². The molecule has 5 aromatic rings. The number of benzene rings is 5. The van der Waals surface area contributed by atoms with Gasteiger partial charge in [0.1, 0.15) is 0 Å². The van der Waals surface area contributed by atoms with Crippen LogP contribution in [-0.2, 0) is 15.7 Å². The molecular formula is C64H72N2O. The summed E-state index contributed by atoms with van der Waals surface area (Å²) in [5.74, 6) is 1.46. The van der Waals surface area contributed by atoms with E-state index in [4.69, 9.17) is 4.74 Å². The number of rotatable bonds is 11. The molecule has 5 aliphatic carbocycles. The van der Waals surface area contributed by atoms with Gasteiger partial charge in [-0.3, -0.25) is 0 Å². The summed E-state index contributed by atoms with van der Waals surface area (Å²) in [6.45, 7) is 15.2. The summed E-state index contributed by atoms with van der Waals surface area (Å²) in [6.07, 6.45) is 31.6.